The zero-order chi connectivity index (χ0) is 10.8. The van der Waals surface area contributed by atoms with E-state index >= 15 is 0 Å². The summed E-state index contributed by atoms with van der Waals surface area (Å²) in [6, 6.07) is 0.347. The molecule has 0 spiro atoms. The lowest BCUT2D eigenvalue weighted by Crippen LogP contribution is -2.33. The molecule has 2 rings (SSSR count). The Labute approximate surface area is 91.1 Å². The highest BCUT2D eigenvalue weighted by molar-refractivity contribution is 5.16. The monoisotopic (exact) mass is 208 g/mol. The minimum Gasteiger partial charge on any atom is -0.336 e. The summed E-state index contributed by atoms with van der Waals surface area (Å²) in [7, 11) is 2.05. The Kier molecular flexibility index (Phi) is 3.07. The van der Waals surface area contributed by atoms with Crippen LogP contribution in [0.3, 0.4) is 0 Å². The van der Waals surface area contributed by atoms with Crippen molar-refractivity contribution in [2.75, 3.05) is 19.6 Å². The van der Waals surface area contributed by atoms with Crippen LogP contribution in [-0.4, -0.2) is 34.1 Å². The molecule has 2 N–H and O–H groups in total. The first-order valence-corrected chi connectivity index (χ1v) is 5.66. The van der Waals surface area contributed by atoms with Gasteiger partial charge in [0.05, 0.1) is 23.8 Å². The molecule has 1 atom stereocenters. The van der Waals surface area contributed by atoms with Gasteiger partial charge in [0.2, 0.25) is 0 Å². The van der Waals surface area contributed by atoms with Gasteiger partial charge in [0.1, 0.15) is 0 Å². The topological polar surface area (TPSA) is 47.1 Å². The van der Waals surface area contributed by atoms with E-state index in [1.807, 2.05) is 13.4 Å². The number of nitrogens with zero attached hydrogens (tertiary/aromatic N) is 3. The molecule has 0 amide bonds. The van der Waals surface area contributed by atoms with Gasteiger partial charge in [-0.05, 0) is 32.9 Å². The van der Waals surface area contributed by atoms with Crippen LogP contribution < -0.4 is 5.73 Å². The summed E-state index contributed by atoms with van der Waals surface area (Å²) in [5.41, 5.74) is 8.29. The van der Waals surface area contributed by atoms with Crippen LogP contribution in [0.2, 0.25) is 0 Å². The van der Waals surface area contributed by atoms with E-state index < -0.39 is 0 Å². The van der Waals surface area contributed by atoms with Gasteiger partial charge < -0.3 is 10.3 Å². The fourth-order valence-electron chi connectivity index (χ4n) is 2.52. The zero-order valence-corrected chi connectivity index (χ0v) is 9.61. The van der Waals surface area contributed by atoms with Crippen molar-refractivity contribution in [3.05, 3.63) is 17.7 Å². The molecule has 0 bridgehead atoms. The maximum absolute atomic E-state index is 5.90. The molecule has 1 aliphatic heterocycles. The molecular formula is C11H20N4. The molecule has 1 saturated heterocycles. The summed E-state index contributed by atoms with van der Waals surface area (Å²) in [6.07, 6.45) is 4.48. The molecule has 1 unspecified atom stereocenters. The quantitative estimate of drug-likeness (QED) is 0.800. The number of nitrogens with two attached hydrogens (primary N) is 1. The van der Waals surface area contributed by atoms with Crippen molar-refractivity contribution in [2.24, 2.45) is 12.8 Å². The number of hydrogen-bond acceptors (Lipinski definition) is 3. The number of imidazole rings is 1. The van der Waals surface area contributed by atoms with Gasteiger partial charge in [-0.3, -0.25) is 4.90 Å². The average molecular weight is 208 g/mol. The van der Waals surface area contributed by atoms with E-state index in [1.165, 1.54) is 31.6 Å². The van der Waals surface area contributed by atoms with Crippen LogP contribution in [0.25, 0.3) is 0 Å². The third kappa shape index (κ3) is 1.92. The molecule has 0 saturated carbocycles. The molecule has 2 heterocycles. The van der Waals surface area contributed by atoms with Crippen LogP contribution in [0.5, 0.6) is 0 Å². The van der Waals surface area contributed by atoms with Crippen LogP contribution in [-0.2, 0) is 7.05 Å². The van der Waals surface area contributed by atoms with Crippen LogP contribution in [0.15, 0.2) is 6.33 Å². The average Bonchev–Trinajstić information content (AvgIpc) is 2.83. The highest BCUT2D eigenvalue weighted by Crippen LogP contribution is 2.25. The second-order valence-electron chi connectivity index (χ2n) is 4.32. The maximum Gasteiger partial charge on any atom is 0.0949 e. The van der Waals surface area contributed by atoms with Gasteiger partial charge in [-0.15, -0.1) is 0 Å². The summed E-state index contributed by atoms with van der Waals surface area (Å²) in [6.45, 7) is 5.09. The minimum atomic E-state index is 0.347. The summed E-state index contributed by atoms with van der Waals surface area (Å²) in [4.78, 5) is 6.81. The third-order valence-electron chi connectivity index (χ3n) is 3.30. The van der Waals surface area contributed by atoms with E-state index in [9.17, 15) is 0 Å². The van der Waals surface area contributed by atoms with Gasteiger partial charge in [0.15, 0.2) is 0 Å². The molecule has 4 nitrogen and oxygen atoms in total. The molecule has 4 heteroatoms. The molecule has 0 radical (unpaired) electrons. The number of hydrogen-bond donors (Lipinski definition) is 1. The van der Waals surface area contributed by atoms with Gasteiger partial charge in [0, 0.05) is 13.6 Å². The third-order valence-corrected chi connectivity index (χ3v) is 3.30. The van der Waals surface area contributed by atoms with Crippen molar-refractivity contribution < 1.29 is 0 Å². The van der Waals surface area contributed by atoms with Crippen molar-refractivity contribution in [2.45, 2.75) is 25.8 Å². The van der Waals surface area contributed by atoms with Gasteiger partial charge in [0.25, 0.3) is 0 Å². The normalized spacial score (nSPS) is 19.7. The first-order chi connectivity index (χ1) is 7.24. The summed E-state index contributed by atoms with van der Waals surface area (Å²) in [5, 5.41) is 0. The summed E-state index contributed by atoms with van der Waals surface area (Å²) >= 11 is 0. The predicted molar refractivity (Wildman–Crippen MR) is 60.5 cm³/mol. The lowest BCUT2D eigenvalue weighted by atomic mass is 10.1. The van der Waals surface area contributed by atoms with E-state index in [4.69, 9.17) is 5.73 Å². The van der Waals surface area contributed by atoms with Gasteiger partial charge in [-0.1, -0.05) is 0 Å². The van der Waals surface area contributed by atoms with E-state index in [0.29, 0.717) is 12.6 Å². The molecule has 1 aromatic rings. The lowest BCUT2D eigenvalue weighted by Gasteiger charge is -2.27. The van der Waals surface area contributed by atoms with Crippen LogP contribution in [0, 0.1) is 6.92 Å². The SMILES string of the molecule is Cc1ncn(C)c1C(CN)N1CCCC1. The highest BCUT2D eigenvalue weighted by atomic mass is 15.2. The lowest BCUT2D eigenvalue weighted by molar-refractivity contribution is 0.242. The Balaban J connectivity index is 2.25. The Hall–Kier alpha value is -0.870. The van der Waals surface area contributed by atoms with E-state index in [-0.39, 0.29) is 0 Å². The Bertz CT molecular complexity index is 306. The van der Waals surface area contributed by atoms with Crippen LogP contribution in [0.1, 0.15) is 30.3 Å². The van der Waals surface area contributed by atoms with Gasteiger partial charge >= 0.3 is 0 Å². The number of aromatic nitrogens is 2. The molecule has 1 aliphatic rings. The standard InChI is InChI=1S/C11H20N4/c1-9-11(14(2)8-13-9)10(7-12)15-5-3-4-6-15/h8,10H,3-7,12H2,1-2H3. The molecule has 0 aromatic carbocycles. The fourth-order valence-corrected chi connectivity index (χ4v) is 2.52. The van der Waals surface area contributed by atoms with Gasteiger partial charge in [-0.2, -0.15) is 0 Å². The zero-order valence-electron chi connectivity index (χ0n) is 9.61. The Morgan fingerprint density at radius 1 is 1.47 bits per heavy atom. The maximum atomic E-state index is 5.90. The van der Waals surface area contributed by atoms with E-state index in [2.05, 4.69) is 21.4 Å². The van der Waals surface area contributed by atoms with Crippen molar-refractivity contribution in [1.82, 2.24) is 14.5 Å². The smallest absolute Gasteiger partial charge is 0.0949 e. The highest BCUT2D eigenvalue weighted by Gasteiger charge is 2.25. The largest absolute Gasteiger partial charge is 0.336 e. The summed E-state index contributed by atoms with van der Waals surface area (Å²) < 4.78 is 2.10. The van der Waals surface area contributed by atoms with E-state index in [1.54, 1.807) is 0 Å². The second-order valence-corrected chi connectivity index (χ2v) is 4.32. The van der Waals surface area contributed by atoms with Crippen LogP contribution >= 0.6 is 0 Å². The molecule has 1 fully saturated rings. The fraction of sp³-hybridized carbons (Fsp3) is 0.727. The number of aryl methyl sites for hydroxylation is 2. The van der Waals surface area contributed by atoms with Crippen molar-refractivity contribution in [3.63, 3.8) is 0 Å². The number of rotatable bonds is 3. The molecular weight excluding hydrogens is 188 g/mol. The first-order valence-electron chi connectivity index (χ1n) is 5.66. The predicted octanol–water partition coefficient (Wildman–Crippen LogP) is 0.824. The Morgan fingerprint density at radius 2 is 2.13 bits per heavy atom. The molecule has 1 aromatic heterocycles. The van der Waals surface area contributed by atoms with Crippen molar-refractivity contribution in [1.29, 1.82) is 0 Å². The van der Waals surface area contributed by atoms with Gasteiger partial charge in [-0.25, -0.2) is 4.98 Å². The van der Waals surface area contributed by atoms with Crippen molar-refractivity contribution >= 4 is 0 Å². The second kappa shape index (κ2) is 4.33. The molecule has 84 valence electrons. The first kappa shape index (κ1) is 10.6. The molecule has 15 heavy (non-hydrogen) atoms. The van der Waals surface area contributed by atoms with E-state index in [0.717, 1.165) is 5.69 Å². The number of likely N-dealkylation sites (tertiary alicyclic amines) is 1. The van der Waals surface area contributed by atoms with Crippen molar-refractivity contribution in [3.8, 4) is 0 Å². The minimum absolute atomic E-state index is 0.347. The van der Waals surface area contributed by atoms with Crippen LogP contribution in [0.4, 0.5) is 0 Å². The Morgan fingerprint density at radius 3 is 2.60 bits per heavy atom. The molecule has 0 aliphatic carbocycles. The summed E-state index contributed by atoms with van der Waals surface area (Å²) in [5.74, 6) is 0.